The van der Waals surface area contributed by atoms with Crippen molar-refractivity contribution in [1.82, 2.24) is 9.88 Å². The highest BCUT2D eigenvalue weighted by molar-refractivity contribution is 6.36. The molecule has 1 N–H and O–H groups in total. The summed E-state index contributed by atoms with van der Waals surface area (Å²) in [5.41, 5.74) is -1.44. The van der Waals surface area contributed by atoms with Gasteiger partial charge in [-0.25, -0.2) is 4.98 Å². The highest BCUT2D eigenvalue weighted by atomic mass is 35.5. The Bertz CT molecular complexity index is 1380. The third-order valence-electron chi connectivity index (χ3n) is 9.06. The van der Waals surface area contributed by atoms with Gasteiger partial charge in [0.25, 0.3) is 0 Å². The number of aliphatic hydroxyl groups is 1. The van der Waals surface area contributed by atoms with Crippen molar-refractivity contribution < 1.29 is 40.9 Å². The van der Waals surface area contributed by atoms with Crippen molar-refractivity contribution in [1.29, 1.82) is 0 Å². The summed E-state index contributed by atoms with van der Waals surface area (Å²) in [4.78, 5) is 10.1. The van der Waals surface area contributed by atoms with Gasteiger partial charge in [-0.3, -0.25) is 9.89 Å². The van der Waals surface area contributed by atoms with Crippen LogP contribution in [0, 0.1) is 23.7 Å². The van der Waals surface area contributed by atoms with Gasteiger partial charge in [0.15, 0.2) is 0 Å². The van der Waals surface area contributed by atoms with Crippen LogP contribution >= 0.6 is 11.6 Å². The molecule has 3 atom stereocenters. The van der Waals surface area contributed by atoms with Crippen LogP contribution in [0.4, 0.5) is 26.3 Å². The van der Waals surface area contributed by atoms with E-state index in [9.17, 15) is 31.4 Å². The van der Waals surface area contributed by atoms with Crippen LogP contribution in [-0.4, -0.2) is 67.0 Å². The van der Waals surface area contributed by atoms with Crippen molar-refractivity contribution in [3.8, 4) is 5.88 Å². The maximum Gasteiger partial charge on any atom is 0.433 e. The molecule has 3 unspecified atom stereocenters. The van der Waals surface area contributed by atoms with Crippen molar-refractivity contribution in [2.45, 2.75) is 57.1 Å². The van der Waals surface area contributed by atoms with Gasteiger partial charge in [-0.2, -0.15) is 26.3 Å². The van der Waals surface area contributed by atoms with E-state index in [1.807, 2.05) is 4.90 Å². The Morgan fingerprint density at radius 2 is 1.72 bits per heavy atom. The molecule has 0 amide bonds. The van der Waals surface area contributed by atoms with Gasteiger partial charge >= 0.3 is 12.4 Å². The Morgan fingerprint density at radius 1 is 1.05 bits per heavy atom. The van der Waals surface area contributed by atoms with Crippen LogP contribution in [0.3, 0.4) is 0 Å². The number of hydrogen-bond donors (Lipinski definition) is 1. The summed E-state index contributed by atoms with van der Waals surface area (Å²) in [7, 11) is 1.43. The number of pyridine rings is 1. The number of hydrogen-bond acceptors (Lipinski definition) is 6. The molecule has 0 radical (unpaired) electrons. The molecule has 1 aromatic carbocycles. The molecule has 0 spiro atoms. The Morgan fingerprint density at radius 3 is 2.33 bits per heavy atom. The summed E-state index contributed by atoms with van der Waals surface area (Å²) in [5.74, 6) is -2.98. The lowest BCUT2D eigenvalue weighted by atomic mass is 9.65. The third kappa shape index (κ3) is 6.39. The zero-order valence-electron chi connectivity index (χ0n) is 23.8. The molecule has 2 saturated heterocycles. The van der Waals surface area contributed by atoms with Gasteiger partial charge in [0.1, 0.15) is 5.70 Å². The van der Waals surface area contributed by atoms with Crippen molar-refractivity contribution in [3.63, 3.8) is 0 Å². The number of aromatic nitrogens is 1. The summed E-state index contributed by atoms with van der Waals surface area (Å²) in [6.45, 7) is 3.10. The number of alkyl halides is 6. The predicted octanol–water partition coefficient (Wildman–Crippen LogP) is 7.07. The van der Waals surface area contributed by atoms with Crippen LogP contribution in [0.1, 0.15) is 43.7 Å². The summed E-state index contributed by atoms with van der Waals surface area (Å²) >= 11 is 6.94. The molecule has 0 bridgehead atoms. The van der Waals surface area contributed by atoms with Crippen LogP contribution in [0.25, 0.3) is 10.9 Å². The van der Waals surface area contributed by atoms with Gasteiger partial charge in [0.2, 0.25) is 5.88 Å². The molecule has 0 saturated carbocycles. The van der Waals surface area contributed by atoms with Crippen LogP contribution in [-0.2, 0) is 16.9 Å². The number of piperidine rings is 1. The number of likely N-dealkylation sites (tertiary alicyclic amines) is 1. The highest BCUT2D eigenvalue weighted by Crippen LogP contribution is 2.49. The van der Waals surface area contributed by atoms with E-state index in [2.05, 4.69) is 9.98 Å². The summed E-state index contributed by atoms with van der Waals surface area (Å²) in [6, 6.07) is 4.97. The van der Waals surface area contributed by atoms with Gasteiger partial charge < -0.3 is 14.6 Å². The fraction of sp³-hybridized carbons (Fsp3) is 0.600. The molecule has 236 valence electrons. The van der Waals surface area contributed by atoms with E-state index in [0.29, 0.717) is 48.1 Å². The normalized spacial score (nSPS) is 24.7. The maximum absolute atomic E-state index is 13.7. The SMILES string of the molecule is COc1nc2ccc(C(O)(C3CCOCC3)C3C=C(C(F)(F)F)N=CC3C)cc2c(Cl)c1CN1CCC(C(F)(F)F)CC1. The highest BCUT2D eigenvalue weighted by Gasteiger charge is 2.49. The number of ether oxygens (including phenoxy) is 2. The van der Waals surface area contributed by atoms with Gasteiger partial charge in [-0.15, -0.1) is 0 Å². The van der Waals surface area contributed by atoms with E-state index in [-0.39, 0.29) is 43.4 Å². The smallest absolute Gasteiger partial charge is 0.433 e. The average molecular weight is 634 g/mol. The lowest BCUT2D eigenvalue weighted by Gasteiger charge is -2.46. The number of nitrogens with zero attached hydrogens (tertiary/aromatic N) is 3. The monoisotopic (exact) mass is 633 g/mol. The Hall–Kier alpha value is -2.41. The first kappa shape index (κ1) is 32.0. The molecule has 13 heteroatoms. The molecule has 43 heavy (non-hydrogen) atoms. The minimum Gasteiger partial charge on any atom is -0.481 e. The second-order valence-corrected chi connectivity index (χ2v) is 12.0. The van der Waals surface area contributed by atoms with Gasteiger partial charge in [0.05, 0.1) is 29.2 Å². The number of aliphatic imine (C=N–C) groups is 1. The fourth-order valence-electron chi connectivity index (χ4n) is 6.63. The van der Waals surface area contributed by atoms with Crippen LogP contribution in [0.15, 0.2) is 35.0 Å². The largest absolute Gasteiger partial charge is 0.481 e. The number of allylic oxidation sites excluding steroid dienone is 1. The predicted molar refractivity (Wildman–Crippen MR) is 150 cm³/mol. The quantitative estimate of drug-likeness (QED) is 0.345. The van der Waals surface area contributed by atoms with E-state index in [1.54, 1.807) is 25.1 Å². The number of benzene rings is 1. The number of fused-ring (bicyclic) bond motifs is 1. The molecule has 1 aromatic heterocycles. The number of rotatable bonds is 6. The molecule has 6 nitrogen and oxygen atoms in total. The number of methoxy groups -OCH3 is 1. The van der Waals surface area contributed by atoms with Crippen LogP contribution in [0.2, 0.25) is 5.02 Å². The van der Waals surface area contributed by atoms with E-state index in [4.69, 9.17) is 21.1 Å². The van der Waals surface area contributed by atoms with E-state index >= 15 is 0 Å². The topological polar surface area (TPSA) is 67.2 Å². The fourth-order valence-corrected chi connectivity index (χ4v) is 6.92. The van der Waals surface area contributed by atoms with Crippen molar-refractivity contribution >= 4 is 28.7 Å². The summed E-state index contributed by atoms with van der Waals surface area (Å²) in [5, 5.41) is 13.3. The van der Waals surface area contributed by atoms with E-state index in [0.717, 1.165) is 6.08 Å². The molecule has 5 rings (SSSR count). The Kier molecular flexibility index (Phi) is 9.06. The first-order valence-electron chi connectivity index (χ1n) is 14.3. The minimum atomic E-state index is -4.68. The lowest BCUT2D eigenvalue weighted by Crippen LogP contribution is -2.47. The molecule has 3 aliphatic heterocycles. The molecule has 0 aliphatic carbocycles. The van der Waals surface area contributed by atoms with Gasteiger partial charge in [0, 0.05) is 48.8 Å². The summed E-state index contributed by atoms with van der Waals surface area (Å²) in [6.07, 6.45) is -5.82. The number of halogens is 7. The summed E-state index contributed by atoms with van der Waals surface area (Å²) < 4.78 is 91.8. The third-order valence-corrected chi connectivity index (χ3v) is 9.49. The first-order chi connectivity index (χ1) is 20.2. The Balaban J connectivity index is 1.56. The molecular weight excluding hydrogens is 600 g/mol. The van der Waals surface area contributed by atoms with Crippen LogP contribution in [0.5, 0.6) is 5.88 Å². The van der Waals surface area contributed by atoms with Crippen molar-refractivity contribution in [2.24, 2.45) is 28.7 Å². The second kappa shape index (κ2) is 12.2. The first-order valence-corrected chi connectivity index (χ1v) is 14.7. The van der Waals surface area contributed by atoms with Gasteiger partial charge in [-0.05, 0) is 68.5 Å². The molecule has 2 fully saturated rings. The average Bonchev–Trinajstić information content (AvgIpc) is 2.97. The lowest BCUT2D eigenvalue weighted by molar-refractivity contribution is -0.185. The van der Waals surface area contributed by atoms with Gasteiger partial charge in [-0.1, -0.05) is 24.6 Å². The zero-order valence-corrected chi connectivity index (χ0v) is 24.6. The second-order valence-electron chi connectivity index (χ2n) is 11.7. The van der Waals surface area contributed by atoms with Crippen molar-refractivity contribution in [2.75, 3.05) is 33.4 Å². The van der Waals surface area contributed by atoms with E-state index in [1.165, 1.54) is 13.3 Å². The van der Waals surface area contributed by atoms with Crippen molar-refractivity contribution in [3.05, 3.63) is 46.1 Å². The Labute approximate surface area is 250 Å². The minimum absolute atomic E-state index is 0.0248. The molecule has 3 aliphatic rings. The van der Waals surface area contributed by atoms with Crippen LogP contribution < -0.4 is 4.74 Å². The molecule has 2 aromatic rings. The zero-order chi connectivity index (χ0) is 31.2. The molecule has 4 heterocycles. The molecular formula is C30H34ClF6N3O3. The standard InChI is InChI=1S/C30H34ClF6N3O3/c1-17-15-38-25(30(35,36)37)14-23(17)28(41,18-7-11-43-12-8-18)20-3-4-24-21(13-20)26(31)22(27(39-24)42-2)16-40-9-5-19(6-10-40)29(32,33)34/h3-4,13-15,17-19,23,41H,5-12,16H2,1-2H3. The van der Waals surface area contributed by atoms with E-state index < -0.39 is 47.3 Å². The maximum atomic E-state index is 13.7.